The summed E-state index contributed by atoms with van der Waals surface area (Å²) in [5.74, 6) is 0.771. The van der Waals surface area contributed by atoms with Gasteiger partial charge in [0.2, 0.25) is 0 Å². The van der Waals surface area contributed by atoms with Crippen LogP contribution in [0.1, 0.15) is 5.56 Å². The summed E-state index contributed by atoms with van der Waals surface area (Å²) < 4.78 is 6.65. The van der Waals surface area contributed by atoms with Gasteiger partial charge in [-0.15, -0.1) is 0 Å². The minimum Gasteiger partial charge on any atom is -0.497 e. The fourth-order valence-corrected chi connectivity index (χ4v) is 1.72. The van der Waals surface area contributed by atoms with Crippen LogP contribution in [0.3, 0.4) is 0 Å². The molecule has 4 heteroatoms. The van der Waals surface area contributed by atoms with Crippen LogP contribution in [0.4, 0.5) is 10.5 Å². The van der Waals surface area contributed by atoms with E-state index in [1.54, 1.807) is 36.0 Å². The molecule has 0 aliphatic rings. The van der Waals surface area contributed by atoms with E-state index in [-0.39, 0.29) is 6.03 Å². The molecule has 0 saturated carbocycles. The Kier molecular flexibility index (Phi) is 3.80. The van der Waals surface area contributed by atoms with E-state index in [1.807, 2.05) is 43.3 Å². The summed E-state index contributed by atoms with van der Waals surface area (Å²) in [5, 5.41) is 0. The highest BCUT2D eigenvalue weighted by Crippen LogP contribution is 2.17. The lowest BCUT2D eigenvalue weighted by Crippen LogP contribution is -2.50. The molecule has 2 rings (SSSR count). The Morgan fingerprint density at radius 3 is 2.21 bits per heavy atom. The van der Waals surface area contributed by atoms with Crippen molar-refractivity contribution in [3.63, 3.8) is 0 Å². The molecule has 2 aromatic rings. The molecule has 0 unspecified atom stereocenters. The third kappa shape index (κ3) is 2.91. The first-order valence-corrected chi connectivity index (χ1v) is 6.02. The number of carbonyl (C=O) groups excluding carboxylic acids is 1. The molecular weight excluding hydrogens is 240 g/mol. The van der Waals surface area contributed by atoms with Crippen molar-refractivity contribution >= 4 is 11.7 Å². The number of pyridine rings is 1. The van der Waals surface area contributed by atoms with Crippen molar-refractivity contribution in [3.05, 3.63) is 54.4 Å². The Morgan fingerprint density at radius 1 is 1.11 bits per heavy atom. The topological polar surface area (TPSA) is 33.4 Å². The predicted molar refractivity (Wildman–Crippen MR) is 73.6 cm³/mol. The molecule has 0 atom stereocenters. The van der Waals surface area contributed by atoms with Crippen LogP contribution in [-0.4, -0.2) is 20.2 Å². The van der Waals surface area contributed by atoms with E-state index in [1.165, 1.54) is 0 Å². The third-order valence-corrected chi connectivity index (χ3v) is 2.96. The number of aromatic nitrogens is 1. The van der Waals surface area contributed by atoms with Crippen LogP contribution in [-0.2, 0) is 0 Å². The van der Waals surface area contributed by atoms with Crippen molar-refractivity contribution in [3.8, 4) is 5.75 Å². The second-order valence-corrected chi connectivity index (χ2v) is 4.32. The Hall–Kier alpha value is -2.36. The van der Waals surface area contributed by atoms with Crippen LogP contribution in [0.25, 0.3) is 0 Å². The van der Waals surface area contributed by atoms with E-state index < -0.39 is 0 Å². The zero-order valence-corrected chi connectivity index (χ0v) is 11.3. The number of hydrogen-bond donors (Lipinski definition) is 0. The zero-order valence-electron chi connectivity index (χ0n) is 11.3. The van der Waals surface area contributed by atoms with Gasteiger partial charge in [-0.25, -0.2) is 0 Å². The summed E-state index contributed by atoms with van der Waals surface area (Å²) in [6, 6.07) is 11.1. The molecule has 1 amide bonds. The highest BCUT2D eigenvalue weighted by Gasteiger charge is 2.21. The SMILES string of the molecule is COc1ccc(N(C)C(=O)[n+]2ccc(C)cc2)cc1. The van der Waals surface area contributed by atoms with Crippen LogP contribution in [0.2, 0.25) is 0 Å². The molecule has 0 spiro atoms. The summed E-state index contributed by atoms with van der Waals surface area (Å²) in [5.41, 5.74) is 1.94. The van der Waals surface area contributed by atoms with Gasteiger partial charge in [-0.05, 0) is 48.9 Å². The summed E-state index contributed by atoms with van der Waals surface area (Å²) in [4.78, 5) is 13.9. The van der Waals surface area contributed by atoms with Gasteiger partial charge in [-0.3, -0.25) is 0 Å². The molecule has 19 heavy (non-hydrogen) atoms. The van der Waals surface area contributed by atoms with Crippen molar-refractivity contribution in [1.29, 1.82) is 0 Å². The van der Waals surface area contributed by atoms with E-state index in [4.69, 9.17) is 4.74 Å². The first-order valence-electron chi connectivity index (χ1n) is 6.02. The van der Waals surface area contributed by atoms with Gasteiger partial charge in [-0.2, -0.15) is 14.3 Å². The molecule has 1 heterocycles. The summed E-state index contributed by atoms with van der Waals surface area (Å²) in [6.07, 6.45) is 3.52. The molecule has 0 radical (unpaired) electrons. The number of carbonyl (C=O) groups is 1. The number of rotatable bonds is 2. The minimum absolute atomic E-state index is 0.106. The third-order valence-electron chi connectivity index (χ3n) is 2.96. The Morgan fingerprint density at radius 2 is 1.68 bits per heavy atom. The van der Waals surface area contributed by atoms with Gasteiger partial charge < -0.3 is 4.74 Å². The van der Waals surface area contributed by atoms with Gasteiger partial charge in [0.05, 0.1) is 26.6 Å². The Bertz CT molecular complexity index is 562. The van der Waals surface area contributed by atoms with Crippen molar-refractivity contribution in [2.75, 3.05) is 19.1 Å². The molecule has 0 aliphatic heterocycles. The normalized spacial score (nSPS) is 10.1. The molecule has 0 bridgehead atoms. The molecule has 98 valence electrons. The second-order valence-electron chi connectivity index (χ2n) is 4.32. The minimum atomic E-state index is -0.106. The standard InChI is InChI=1S/C15H17N2O2/c1-12-8-10-17(11-9-12)15(18)16(2)13-4-6-14(19-3)7-5-13/h4-11H,1-3H3/q+1. The van der Waals surface area contributed by atoms with Gasteiger partial charge in [0.15, 0.2) is 0 Å². The summed E-state index contributed by atoms with van der Waals surface area (Å²) in [7, 11) is 3.36. The Balaban J connectivity index is 2.20. The van der Waals surface area contributed by atoms with Gasteiger partial charge >= 0.3 is 6.03 Å². The first kappa shape index (κ1) is 13.1. The molecule has 0 fully saturated rings. The maximum Gasteiger partial charge on any atom is 0.502 e. The molecule has 0 saturated heterocycles. The van der Waals surface area contributed by atoms with Gasteiger partial charge in [0, 0.05) is 0 Å². The summed E-state index contributed by atoms with van der Waals surface area (Å²) in [6.45, 7) is 1.99. The molecule has 4 nitrogen and oxygen atoms in total. The molecule has 1 aromatic heterocycles. The van der Waals surface area contributed by atoms with Crippen molar-refractivity contribution in [1.82, 2.24) is 0 Å². The number of methoxy groups -OCH3 is 1. The van der Waals surface area contributed by atoms with E-state index in [9.17, 15) is 4.79 Å². The second kappa shape index (κ2) is 5.52. The fourth-order valence-electron chi connectivity index (χ4n) is 1.72. The van der Waals surface area contributed by atoms with E-state index in [0.717, 1.165) is 17.0 Å². The van der Waals surface area contributed by atoms with Gasteiger partial charge in [0.1, 0.15) is 11.4 Å². The maximum atomic E-state index is 12.3. The van der Waals surface area contributed by atoms with E-state index >= 15 is 0 Å². The first-order chi connectivity index (χ1) is 9.11. The van der Waals surface area contributed by atoms with Crippen LogP contribution in [0.5, 0.6) is 5.75 Å². The lowest BCUT2D eigenvalue weighted by atomic mass is 10.3. The average molecular weight is 257 g/mol. The molecule has 0 aliphatic carbocycles. The number of benzene rings is 1. The summed E-state index contributed by atoms with van der Waals surface area (Å²) >= 11 is 0. The van der Waals surface area contributed by atoms with Crippen LogP contribution in [0.15, 0.2) is 48.8 Å². The zero-order chi connectivity index (χ0) is 13.8. The number of hydrogen-bond acceptors (Lipinski definition) is 2. The molecule has 0 N–H and O–H groups in total. The largest absolute Gasteiger partial charge is 0.502 e. The number of anilines is 1. The Labute approximate surface area is 112 Å². The maximum absolute atomic E-state index is 12.3. The van der Waals surface area contributed by atoms with E-state index in [0.29, 0.717) is 0 Å². The van der Waals surface area contributed by atoms with Crippen molar-refractivity contribution in [2.24, 2.45) is 0 Å². The predicted octanol–water partition coefficient (Wildman–Crippen LogP) is 2.40. The van der Waals surface area contributed by atoms with Crippen molar-refractivity contribution in [2.45, 2.75) is 6.92 Å². The highest BCUT2D eigenvalue weighted by molar-refractivity contribution is 5.84. The molecular formula is C15H17N2O2+. The number of nitrogens with zero attached hydrogens (tertiary/aromatic N) is 2. The number of amides is 1. The van der Waals surface area contributed by atoms with Crippen LogP contribution in [0, 0.1) is 6.92 Å². The molecule has 1 aromatic carbocycles. The average Bonchev–Trinajstić information content (AvgIpc) is 2.46. The smallest absolute Gasteiger partial charge is 0.497 e. The van der Waals surface area contributed by atoms with Crippen LogP contribution < -0.4 is 14.2 Å². The fraction of sp³-hybridized carbons (Fsp3) is 0.200. The van der Waals surface area contributed by atoms with E-state index in [2.05, 4.69) is 0 Å². The number of aryl methyl sites for hydroxylation is 1. The van der Waals surface area contributed by atoms with Gasteiger partial charge in [-0.1, -0.05) is 0 Å². The quantitative estimate of drug-likeness (QED) is 0.774. The lowest BCUT2D eigenvalue weighted by molar-refractivity contribution is -0.569. The van der Waals surface area contributed by atoms with Gasteiger partial charge in [0.25, 0.3) is 0 Å². The number of ether oxygens (including phenoxy) is 1. The highest BCUT2D eigenvalue weighted by atomic mass is 16.5. The lowest BCUT2D eigenvalue weighted by Gasteiger charge is -2.10. The van der Waals surface area contributed by atoms with Crippen molar-refractivity contribution < 1.29 is 14.1 Å². The monoisotopic (exact) mass is 257 g/mol. The van der Waals surface area contributed by atoms with Crippen LogP contribution >= 0.6 is 0 Å².